The van der Waals surface area contributed by atoms with Gasteiger partial charge in [0.25, 0.3) is 0 Å². The maximum Gasteiger partial charge on any atom is 0.0743 e. The smallest absolute Gasteiger partial charge is 0.0743 e. The van der Waals surface area contributed by atoms with E-state index in [4.69, 9.17) is 5.73 Å². The number of pyridine rings is 1. The van der Waals surface area contributed by atoms with Gasteiger partial charge >= 0.3 is 0 Å². The van der Waals surface area contributed by atoms with Gasteiger partial charge in [-0.1, -0.05) is 25.5 Å². The fraction of sp³-hybridized carbons (Fsp3) is 0.550. The second-order valence-electron chi connectivity index (χ2n) is 6.72. The number of rotatable bonds is 3. The van der Waals surface area contributed by atoms with Gasteiger partial charge in [-0.3, -0.25) is 4.98 Å². The molecule has 3 rings (SSSR count). The Hall–Kier alpha value is -1.81. The van der Waals surface area contributed by atoms with Gasteiger partial charge in [0.05, 0.1) is 23.1 Å². The fourth-order valence-corrected chi connectivity index (χ4v) is 3.42. The van der Waals surface area contributed by atoms with Gasteiger partial charge in [0.15, 0.2) is 0 Å². The molecule has 1 fully saturated rings. The number of aromatic nitrogens is 1. The van der Waals surface area contributed by atoms with Crippen LogP contribution in [-0.2, 0) is 0 Å². The van der Waals surface area contributed by atoms with Crippen LogP contribution in [0.15, 0.2) is 24.4 Å². The summed E-state index contributed by atoms with van der Waals surface area (Å²) in [5.41, 5.74) is 10.2. The number of nitrogens with one attached hydrogen (secondary N) is 1. The minimum atomic E-state index is 0.504. The molecule has 0 bridgehead atoms. The number of fused-ring (bicyclic) bond motifs is 1. The molecule has 1 heterocycles. The van der Waals surface area contributed by atoms with E-state index in [-0.39, 0.29) is 0 Å². The van der Waals surface area contributed by atoms with Crippen LogP contribution in [0.25, 0.3) is 10.9 Å². The monoisotopic (exact) mass is 328 g/mol. The molecule has 3 N–H and O–H groups in total. The molecule has 1 aliphatic carbocycles. The van der Waals surface area contributed by atoms with Crippen LogP contribution < -0.4 is 11.1 Å². The number of hydrogen-bond donors (Lipinski definition) is 2. The minimum Gasteiger partial charge on any atom is -0.396 e. The van der Waals surface area contributed by atoms with Gasteiger partial charge in [-0.05, 0) is 58.8 Å². The van der Waals surface area contributed by atoms with Gasteiger partial charge in [0.2, 0.25) is 0 Å². The molecular weight excluding hydrogens is 296 g/mol. The first-order chi connectivity index (χ1) is 11.5. The number of nitrogens with zero attached hydrogens (tertiary/aromatic N) is 2. The van der Waals surface area contributed by atoms with Crippen LogP contribution in [0, 0.1) is 6.92 Å². The summed E-state index contributed by atoms with van der Waals surface area (Å²) in [5, 5.41) is 4.83. The highest BCUT2D eigenvalue weighted by molar-refractivity contribution is 5.97. The van der Waals surface area contributed by atoms with Gasteiger partial charge in [0, 0.05) is 17.5 Å². The number of aryl methyl sites for hydroxylation is 1. The van der Waals surface area contributed by atoms with Crippen molar-refractivity contribution in [1.82, 2.24) is 9.88 Å². The Balaban J connectivity index is 0.00000100. The molecule has 4 heteroatoms. The SMILES string of the molecule is CC.Cc1ccc2ncc(N)c(NC3CCC(N(C)C)CC3)c2c1. The second kappa shape index (κ2) is 8.34. The average Bonchev–Trinajstić information content (AvgIpc) is 2.60. The lowest BCUT2D eigenvalue weighted by molar-refractivity contribution is 0.221. The van der Waals surface area contributed by atoms with Crippen LogP contribution in [0.4, 0.5) is 11.4 Å². The molecule has 0 amide bonds. The Morgan fingerprint density at radius 3 is 2.42 bits per heavy atom. The summed E-state index contributed by atoms with van der Waals surface area (Å²) >= 11 is 0. The van der Waals surface area contributed by atoms with Crippen molar-refractivity contribution in [1.29, 1.82) is 0 Å². The van der Waals surface area contributed by atoms with Crippen molar-refractivity contribution in [2.45, 2.75) is 58.5 Å². The summed E-state index contributed by atoms with van der Waals surface area (Å²) in [7, 11) is 4.35. The highest BCUT2D eigenvalue weighted by Crippen LogP contribution is 2.32. The molecule has 0 saturated heterocycles. The molecule has 1 saturated carbocycles. The standard InChI is InChI=1S/C18H26N4.C2H6/c1-12-4-9-17-15(10-12)18(16(19)11-20-17)21-13-5-7-14(8-6-13)22(2)3;1-2/h4,9-11,13-14H,5-8,19H2,1-3H3,(H,20,21);1-2H3. The Morgan fingerprint density at radius 2 is 1.79 bits per heavy atom. The third-order valence-corrected chi connectivity index (χ3v) is 4.83. The van der Waals surface area contributed by atoms with Crippen molar-refractivity contribution in [3.63, 3.8) is 0 Å². The predicted octanol–water partition coefficient (Wildman–Crippen LogP) is 4.44. The molecule has 1 aromatic carbocycles. The van der Waals surface area contributed by atoms with E-state index in [1.807, 2.05) is 13.8 Å². The molecule has 0 aliphatic heterocycles. The number of benzene rings is 1. The van der Waals surface area contributed by atoms with Gasteiger partial charge < -0.3 is 16.0 Å². The van der Waals surface area contributed by atoms with Crippen molar-refractivity contribution in [2.24, 2.45) is 0 Å². The van der Waals surface area contributed by atoms with Crippen LogP contribution in [0.1, 0.15) is 45.1 Å². The molecule has 4 nitrogen and oxygen atoms in total. The van der Waals surface area contributed by atoms with E-state index >= 15 is 0 Å². The highest BCUT2D eigenvalue weighted by Gasteiger charge is 2.23. The van der Waals surface area contributed by atoms with E-state index < -0.39 is 0 Å². The minimum absolute atomic E-state index is 0.504. The average molecular weight is 329 g/mol. The summed E-state index contributed by atoms with van der Waals surface area (Å²) in [6, 6.07) is 7.55. The third-order valence-electron chi connectivity index (χ3n) is 4.83. The van der Waals surface area contributed by atoms with Crippen molar-refractivity contribution in [3.05, 3.63) is 30.0 Å². The van der Waals surface area contributed by atoms with Crippen LogP contribution in [0.5, 0.6) is 0 Å². The topological polar surface area (TPSA) is 54.2 Å². The summed E-state index contributed by atoms with van der Waals surface area (Å²) < 4.78 is 0. The molecule has 1 aromatic heterocycles. The summed E-state index contributed by atoms with van der Waals surface area (Å²) in [4.78, 5) is 6.78. The van der Waals surface area contributed by atoms with E-state index in [1.54, 1.807) is 6.20 Å². The van der Waals surface area contributed by atoms with Gasteiger partial charge in [-0.15, -0.1) is 0 Å². The van der Waals surface area contributed by atoms with E-state index in [0.717, 1.165) is 22.3 Å². The molecule has 0 unspecified atom stereocenters. The Labute approximate surface area is 146 Å². The van der Waals surface area contributed by atoms with Crippen LogP contribution in [0.2, 0.25) is 0 Å². The zero-order valence-electron chi connectivity index (χ0n) is 15.8. The Morgan fingerprint density at radius 1 is 1.12 bits per heavy atom. The first-order valence-electron chi connectivity index (χ1n) is 9.12. The van der Waals surface area contributed by atoms with Crippen LogP contribution in [-0.4, -0.2) is 36.1 Å². The molecule has 0 radical (unpaired) electrons. The molecule has 2 aromatic rings. The van der Waals surface area contributed by atoms with Crippen molar-refractivity contribution in [2.75, 3.05) is 25.1 Å². The van der Waals surface area contributed by atoms with Gasteiger partial charge in [-0.25, -0.2) is 0 Å². The molecule has 0 atom stereocenters. The molecule has 0 spiro atoms. The quantitative estimate of drug-likeness (QED) is 0.875. The lowest BCUT2D eigenvalue weighted by Gasteiger charge is -2.33. The van der Waals surface area contributed by atoms with Crippen LogP contribution >= 0.6 is 0 Å². The maximum absolute atomic E-state index is 6.20. The first kappa shape index (κ1) is 18.5. The van der Waals surface area contributed by atoms with E-state index in [0.29, 0.717) is 12.1 Å². The largest absolute Gasteiger partial charge is 0.396 e. The number of hydrogen-bond acceptors (Lipinski definition) is 4. The summed E-state index contributed by atoms with van der Waals surface area (Å²) in [5.74, 6) is 0. The number of nitrogen functional groups attached to an aromatic ring is 1. The lowest BCUT2D eigenvalue weighted by Crippen LogP contribution is -2.36. The van der Waals surface area contributed by atoms with Crippen LogP contribution in [0.3, 0.4) is 0 Å². The molecule has 132 valence electrons. The van der Waals surface area contributed by atoms with Gasteiger partial charge in [-0.2, -0.15) is 0 Å². The molecular formula is C20H32N4. The Bertz CT molecular complexity index is 653. The lowest BCUT2D eigenvalue weighted by atomic mass is 9.90. The van der Waals surface area contributed by atoms with Crippen molar-refractivity contribution >= 4 is 22.3 Å². The zero-order chi connectivity index (χ0) is 17.7. The fourth-order valence-electron chi connectivity index (χ4n) is 3.42. The third kappa shape index (κ3) is 4.18. The molecule has 1 aliphatic rings. The Kier molecular flexibility index (Phi) is 6.44. The zero-order valence-corrected chi connectivity index (χ0v) is 15.8. The predicted molar refractivity (Wildman–Crippen MR) is 106 cm³/mol. The van der Waals surface area contributed by atoms with Crippen molar-refractivity contribution < 1.29 is 0 Å². The normalized spacial score (nSPS) is 20.6. The summed E-state index contributed by atoms with van der Waals surface area (Å²) in [6.45, 7) is 6.11. The number of anilines is 2. The highest BCUT2D eigenvalue weighted by atomic mass is 15.1. The number of nitrogens with two attached hydrogens (primary N) is 1. The second-order valence-corrected chi connectivity index (χ2v) is 6.72. The van der Waals surface area contributed by atoms with E-state index in [1.165, 1.54) is 31.2 Å². The first-order valence-corrected chi connectivity index (χ1v) is 9.12. The summed E-state index contributed by atoms with van der Waals surface area (Å²) in [6.07, 6.45) is 6.64. The molecule has 24 heavy (non-hydrogen) atoms. The van der Waals surface area contributed by atoms with E-state index in [2.05, 4.69) is 54.4 Å². The van der Waals surface area contributed by atoms with Crippen molar-refractivity contribution in [3.8, 4) is 0 Å². The van der Waals surface area contributed by atoms with E-state index in [9.17, 15) is 0 Å². The maximum atomic E-state index is 6.20. The van der Waals surface area contributed by atoms with Gasteiger partial charge in [0.1, 0.15) is 0 Å².